The SMILES string of the molecule is COc1ccc(N2C[C@H](C)Cn3c2nc2c3c(=O)n(CCc3ccccc3)c(=O)n2C)cc1. The predicted molar refractivity (Wildman–Crippen MR) is 129 cm³/mol. The summed E-state index contributed by atoms with van der Waals surface area (Å²) in [6.07, 6.45) is 0.608. The lowest BCUT2D eigenvalue weighted by molar-refractivity contribution is 0.414. The summed E-state index contributed by atoms with van der Waals surface area (Å²) in [7, 11) is 3.32. The number of nitrogens with zero attached hydrogens (tertiary/aromatic N) is 5. The van der Waals surface area contributed by atoms with Gasteiger partial charge in [0.15, 0.2) is 11.2 Å². The van der Waals surface area contributed by atoms with E-state index in [9.17, 15) is 9.59 Å². The molecule has 0 amide bonds. The summed E-state index contributed by atoms with van der Waals surface area (Å²) in [4.78, 5) is 33.5. The molecule has 0 unspecified atom stereocenters. The molecular formula is C25H27N5O3. The second kappa shape index (κ2) is 8.27. The van der Waals surface area contributed by atoms with Crippen molar-refractivity contribution in [1.29, 1.82) is 0 Å². The summed E-state index contributed by atoms with van der Waals surface area (Å²) in [5, 5.41) is 0. The quantitative estimate of drug-likeness (QED) is 0.472. The highest BCUT2D eigenvalue weighted by Crippen LogP contribution is 2.33. The van der Waals surface area contributed by atoms with Crippen molar-refractivity contribution < 1.29 is 4.74 Å². The van der Waals surface area contributed by atoms with E-state index in [2.05, 4.69) is 11.8 Å². The van der Waals surface area contributed by atoms with Crippen LogP contribution in [-0.4, -0.2) is 32.3 Å². The molecule has 8 heteroatoms. The van der Waals surface area contributed by atoms with E-state index in [-0.39, 0.29) is 11.2 Å². The lowest BCUT2D eigenvalue weighted by Crippen LogP contribution is -2.40. The van der Waals surface area contributed by atoms with Crippen LogP contribution in [0, 0.1) is 5.92 Å². The van der Waals surface area contributed by atoms with E-state index in [1.807, 2.05) is 59.2 Å². The minimum Gasteiger partial charge on any atom is -0.497 e. The summed E-state index contributed by atoms with van der Waals surface area (Å²) in [5.74, 6) is 1.76. The van der Waals surface area contributed by atoms with E-state index < -0.39 is 0 Å². The number of fused-ring (bicyclic) bond motifs is 3. The van der Waals surface area contributed by atoms with E-state index in [0.717, 1.165) is 23.5 Å². The van der Waals surface area contributed by atoms with Gasteiger partial charge in [0, 0.05) is 32.4 Å². The Balaban J connectivity index is 1.63. The van der Waals surface area contributed by atoms with Gasteiger partial charge in [-0.25, -0.2) is 4.79 Å². The van der Waals surface area contributed by atoms with Gasteiger partial charge in [0.05, 0.1) is 7.11 Å². The maximum Gasteiger partial charge on any atom is 0.332 e. The molecule has 2 aromatic carbocycles. The molecule has 3 heterocycles. The first-order valence-electron chi connectivity index (χ1n) is 11.1. The lowest BCUT2D eigenvalue weighted by Gasteiger charge is -2.33. The molecule has 0 bridgehead atoms. The van der Waals surface area contributed by atoms with Crippen molar-refractivity contribution in [3.63, 3.8) is 0 Å². The van der Waals surface area contributed by atoms with Crippen molar-refractivity contribution in [2.45, 2.75) is 26.4 Å². The predicted octanol–water partition coefficient (Wildman–Crippen LogP) is 2.94. The fourth-order valence-electron chi connectivity index (χ4n) is 4.57. The normalized spacial score (nSPS) is 15.6. The molecule has 0 fully saturated rings. The van der Waals surface area contributed by atoms with Crippen molar-refractivity contribution in [1.82, 2.24) is 18.7 Å². The number of rotatable bonds is 5. The van der Waals surface area contributed by atoms with Crippen LogP contribution in [0.15, 0.2) is 64.2 Å². The molecule has 170 valence electrons. The van der Waals surface area contributed by atoms with Gasteiger partial charge in [0.2, 0.25) is 5.95 Å². The second-order valence-electron chi connectivity index (χ2n) is 8.64. The van der Waals surface area contributed by atoms with Crippen LogP contribution >= 0.6 is 0 Å². The van der Waals surface area contributed by atoms with Gasteiger partial charge in [0.1, 0.15) is 5.75 Å². The monoisotopic (exact) mass is 445 g/mol. The Morgan fingerprint density at radius 1 is 1.03 bits per heavy atom. The van der Waals surface area contributed by atoms with Crippen molar-refractivity contribution in [3.8, 4) is 5.75 Å². The minimum absolute atomic E-state index is 0.286. The lowest BCUT2D eigenvalue weighted by atomic mass is 10.1. The van der Waals surface area contributed by atoms with Gasteiger partial charge in [-0.05, 0) is 42.2 Å². The second-order valence-corrected chi connectivity index (χ2v) is 8.64. The number of imidazole rings is 1. The molecule has 2 aromatic heterocycles. The zero-order valence-electron chi connectivity index (χ0n) is 19.1. The van der Waals surface area contributed by atoms with Crippen molar-refractivity contribution in [2.75, 3.05) is 18.6 Å². The molecular weight excluding hydrogens is 418 g/mol. The highest BCUT2D eigenvalue weighted by Gasteiger charge is 2.29. The molecule has 0 spiro atoms. The molecule has 1 atom stereocenters. The van der Waals surface area contributed by atoms with Crippen LogP contribution < -0.4 is 20.9 Å². The molecule has 4 aromatic rings. The van der Waals surface area contributed by atoms with Gasteiger partial charge < -0.3 is 14.2 Å². The molecule has 1 aliphatic heterocycles. The maximum atomic E-state index is 13.5. The van der Waals surface area contributed by atoms with Gasteiger partial charge >= 0.3 is 5.69 Å². The molecule has 1 aliphatic rings. The molecule has 0 saturated heterocycles. The van der Waals surface area contributed by atoms with Crippen LogP contribution in [0.25, 0.3) is 11.2 Å². The number of hydrogen-bond donors (Lipinski definition) is 0. The third-order valence-corrected chi connectivity index (χ3v) is 6.29. The van der Waals surface area contributed by atoms with E-state index >= 15 is 0 Å². The fourth-order valence-corrected chi connectivity index (χ4v) is 4.57. The number of ether oxygens (including phenoxy) is 1. The molecule has 0 N–H and O–H groups in total. The summed E-state index contributed by atoms with van der Waals surface area (Å²) in [6, 6.07) is 17.7. The fraction of sp³-hybridized carbons (Fsp3) is 0.320. The Morgan fingerprint density at radius 2 is 1.76 bits per heavy atom. The van der Waals surface area contributed by atoms with Crippen molar-refractivity contribution in [3.05, 3.63) is 81.0 Å². The van der Waals surface area contributed by atoms with Gasteiger partial charge in [0.25, 0.3) is 5.56 Å². The number of benzene rings is 2. The average molecular weight is 446 g/mol. The summed E-state index contributed by atoms with van der Waals surface area (Å²) >= 11 is 0. The van der Waals surface area contributed by atoms with Crippen molar-refractivity contribution in [2.24, 2.45) is 13.0 Å². The van der Waals surface area contributed by atoms with Gasteiger partial charge in [-0.15, -0.1) is 0 Å². The molecule has 33 heavy (non-hydrogen) atoms. The Hall–Kier alpha value is -3.81. The average Bonchev–Trinajstić information content (AvgIpc) is 3.22. The zero-order valence-corrected chi connectivity index (χ0v) is 19.1. The molecule has 0 saturated carbocycles. The standard InChI is InChI=1S/C25H27N5O3/c1-17-15-29(19-9-11-20(33-3)12-10-19)24-26-22-21(30(24)16-17)23(31)28(25(32)27(22)2)14-13-18-7-5-4-6-8-18/h4-12,17H,13-16H2,1-3H3/t17-/m0/s1. The van der Waals surface area contributed by atoms with E-state index in [0.29, 0.717) is 42.5 Å². The highest BCUT2D eigenvalue weighted by molar-refractivity contribution is 5.77. The number of aromatic nitrogens is 4. The van der Waals surface area contributed by atoms with Crippen LogP contribution in [0.4, 0.5) is 11.6 Å². The van der Waals surface area contributed by atoms with Crippen LogP contribution in [0.3, 0.4) is 0 Å². The summed E-state index contributed by atoms with van der Waals surface area (Å²) in [5.41, 5.74) is 2.32. The van der Waals surface area contributed by atoms with E-state index in [4.69, 9.17) is 9.72 Å². The Labute approximate surface area is 191 Å². The zero-order chi connectivity index (χ0) is 23.1. The number of methoxy groups -OCH3 is 1. The highest BCUT2D eigenvalue weighted by atomic mass is 16.5. The van der Waals surface area contributed by atoms with Crippen LogP contribution in [0.2, 0.25) is 0 Å². The first-order chi connectivity index (χ1) is 16.0. The third-order valence-electron chi connectivity index (χ3n) is 6.29. The van der Waals surface area contributed by atoms with Crippen LogP contribution in [0.5, 0.6) is 5.75 Å². The van der Waals surface area contributed by atoms with Crippen LogP contribution in [0.1, 0.15) is 12.5 Å². The largest absolute Gasteiger partial charge is 0.497 e. The van der Waals surface area contributed by atoms with E-state index in [1.54, 1.807) is 14.2 Å². The summed E-state index contributed by atoms with van der Waals surface area (Å²) in [6.45, 7) is 3.92. The topological polar surface area (TPSA) is 74.3 Å². The molecule has 8 nitrogen and oxygen atoms in total. The molecule has 0 aliphatic carbocycles. The van der Waals surface area contributed by atoms with Gasteiger partial charge in [-0.1, -0.05) is 37.3 Å². The van der Waals surface area contributed by atoms with E-state index in [1.165, 1.54) is 9.13 Å². The molecule has 5 rings (SSSR count). The number of hydrogen-bond acceptors (Lipinski definition) is 5. The maximum absolute atomic E-state index is 13.5. The Kier molecular flexibility index (Phi) is 5.28. The summed E-state index contributed by atoms with van der Waals surface area (Å²) < 4.78 is 10.1. The Bertz CT molecular complexity index is 1420. The first kappa shape index (κ1) is 21.1. The number of anilines is 2. The van der Waals surface area contributed by atoms with Crippen molar-refractivity contribution >= 4 is 22.8 Å². The third kappa shape index (κ3) is 3.61. The van der Waals surface area contributed by atoms with Crippen LogP contribution in [-0.2, 0) is 26.6 Å². The van der Waals surface area contributed by atoms with Gasteiger partial charge in [-0.2, -0.15) is 4.98 Å². The van der Waals surface area contributed by atoms with Gasteiger partial charge in [-0.3, -0.25) is 13.9 Å². The first-order valence-corrected chi connectivity index (χ1v) is 11.1. The molecule has 0 radical (unpaired) electrons. The smallest absolute Gasteiger partial charge is 0.332 e. The number of aryl methyl sites for hydroxylation is 2. The Morgan fingerprint density at radius 3 is 2.45 bits per heavy atom. The minimum atomic E-state index is -0.345.